The number of aliphatic hydroxyl groups excluding tert-OH is 1. The molecule has 0 heterocycles. The molecule has 3 unspecified atom stereocenters. The predicted octanol–water partition coefficient (Wildman–Crippen LogP) is 1.22. The number of ether oxygens (including phenoxy) is 3. The second-order valence-electron chi connectivity index (χ2n) is 4.50. The maximum atomic E-state index is 9.74. The van der Waals surface area contributed by atoms with Crippen molar-refractivity contribution >= 4 is 0 Å². The highest BCUT2D eigenvalue weighted by Gasteiger charge is 2.27. The lowest BCUT2D eigenvalue weighted by molar-refractivity contribution is -0.0842. The van der Waals surface area contributed by atoms with Crippen molar-refractivity contribution in [3.05, 3.63) is 0 Å². The van der Waals surface area contributed by atoms with Crippen LogP contribution in [0.4, 0.5) is 0 Å². The smallest absolute Gasteiger partial charge is 0.0837 e. The quantitative estimate of drug-likeness (QED) is 0.670. The maximum absolute atomic E-state index is 9.74. The lowest BCUT2D eigenvalue weighted by atomic mass is 9.86. The average molecular weight is 232 g/mol. The van der Waals surface area contributed by atoms with E-state index in [9.17, 15) is 5.11 Å². The van der Waals surface area contributed by atoms with Gasteiger partial charge in [0.25, 0.3) is 0 Å². The Morgan fingerprint density at radius 2 is 1.88 bits per heavy atom. The molecular formula is C12H24O4. The Labute approximate surface area is 97.9 Å². The van der Waals surface area contributed by atoms with E-state index in [1.807, 2.05) is 0 Å². The molecule has 1 N–H and O–H groups in total. The minimum atomic E-state index is -0.296. The van der Waals surface area contributed by atoms with Crippen LogP contribution in [0.25, 0.3) is 0 Å². The predicted molar refractivity (Wildman–Crippen MR) is 61.5 cm³/mol. The highest BCUT2D eigenvalue weighted by Crippen LogP contribution is 2.26. The average Bonchev–Trinajstić information content (AvgIpc) is 2.28. The Morgan fingerprint density at radius 3 is 2.62 bits per heavy atom. The van der Waals surface area contributed by atoms with Crippen LogP contribution in [0.1, 0.15) is 26.2 Å². The second kappa shape index (κ2) is 8.01. The maximum Gasteiger partial charge on any atom is 0.0837 e. The van der Waals surface area contributed by atoms with Crippen molar-refractivity contribution in [2.75, 3.05) is 33.5 Å². The van der Waals surface area contributed by atoms with Crippen molar-refractivity contribution in [2.45, 2.75) is 38.4 Å². The third-order valence-electron chi connectivity index (χ3n) is 3.01. The Balaban J connectivity index is 2.02. The summed E-state index contributed by atoms with van der Waals surface area (Å²) < 4.78 is 15.8. The van der Waals surface area contributed by atoms with Gasteiger partial charge in [0.2, 0.25) is 0 Å². The molecule has 96 valence electrons. The van der Waals surface area contributed by atoms with Crippen LogP contribution in [0, 0.1) is 5.92 Å². The first-order valence-corrected chi connectivity index (χ1v) is 6.10. The van der Waals surface area contributed by atoms with Gasteiger partial charge in [-0.1, -0.05) is 6.92 Å². The fourth-order valence-corrected chi connectivity index (χ4v) is 1.99. The van der Waals surface area contributed by atoms with Crippen LogP contribution in [0.3, 0.4) is 0 Å². The molecule has 16 heavy (non-hydrogen) atoms. The molecule has 0 aromatic carbocycles. The van der Waals surface area contributed by atoms with Crippen LogP contribution in [0.5, 0.6) is 0 Å². The molecule has 0 aromatic rings. The minimum absolute atomic E-state index is 0.00484. The number of methoxy groups -OCH3 is 1. The summed E-state index contributed by atoms with van der Waals surface area (Å²) >= 11 is 0. The molecule has 0 aliphatic heterocycles. The fourth-order valence-electron chi connectivity index (χ4n) is 1.99. The van der Waals surface area contributed by atoms with E-state index in [1.165, 1.54) is 0 Å². The van der Waals surface area contributed by atoms with Gasteiger partial charge in [0, 0.05) is 7.11 Å². The molecule has 4 nitrogen and oxygen atoms in total. The van der Waals surface area contributed by atoms with Crippen molar-refractivity contribution < 1.29 is 19.3 Å². The van der Waals surface area contributed by atoms with Gasteiger partial charge in [0.15, 0.2) is 0 Å². The zero-order valence-corrected chi connectivity index (χ0v) is 10.4. The first-order chi connectivity index (χ1) is 7.74. The van der Waals surface area contributed by atoms with Crippen molar-refractivity contribution in [1.82, 2.24) is 0 Å². The second-order valence-corrected chi connectivity index (χ2v) is 4.50. The van der Waals surface area contributed by atoms with Gasteiger partial charge < -0.3 is 19.3 Å². The molecule has 4 heteroatoms. The Morgan fingerprint density at radius 1 is 1.12 bits per heavy atom. The van der Waals surface area contributed by atoms with E-state index in [1.54, 1.807) is 7.11 Å². The van der Waals surface area contributed by atoms with E-state index in [0.717, 1.165) is 19.3 Å². The molecule has 0 spiro atoms. The molecule has 0 bridgehead atoms. The van der Waals surface area contributed by atoms with Crippen molar-refractivity contribution in [3.63, 3.8) is 0 Å². The van der Waals surface area contributed by atoms with Crippen LogP contribution < -0.4 is 0 Å². The molecule has 0 aromatic heterocycles. The Kier molecular flexibility index (Phi) is 6.96. The van der Waals surface area contributed by atoms with Gasteiger partial charge in [-0.3, -0.25) is 0 Å². The number of rotatable bonds is 7. The summed E-state index contributed by atoms with van der Waals surface area (Å²) in [7, 11) is 1.65. The standard InChI is InChI=1S/C12H24O4/c1-10-3-4-11(13)12(9-10)16-8-7-15-6-5-14-2/h10-13H,3-9H2,1-2H3. The number of hydrogen-bond donors (Lipinski definition) is 1. The summed E-state index contributed by atoms with van der Waals surface area (Å²) in [6.45, 7) is 4.54. The summed E-state index contributed by atoms with van der Waals surface area (Å²) in [5.41, 5.74) is 0. The molecule has 1 fully saturated rings. The van der Waals surface area contributed by atoms with Crippen molar-refractivity contribution in [3.8, 4) is 0 Å². The lowest BCUT2D eigenvalue weighted by Gasteiger charge is -2.31. The Bertz CT molecular complexity index is 174. The zero-order valence-electron chi connectivity index (χ0n) is 10.4. The molecule has 0 amide bonds. The summed E-state index contributed by atoms with van der Waals surface area (Å²) in [6.07, 6.45) is 2.62. The van der Waals surface area contributed by atoms with Gasteiger partial charge in [0.1, 0.15) is 0 Å². The van der Waals surface area contributed by atoms with Gasteiger partial charge in [-0.25, -0.2) is 0 Å². The van der Waals surface area contributed by atoms with Crippen LogP contribution in [0.2, 0.25) is 0 Å². The summed E-state index contributed by atoms with van der Waals surface area (Å²) in [5.74, 6) is 0.655. The normalized spacial score (nSPS) is 30.6. The molecule has 1 aliphatic carbocycles. The molecule has 3 atom stereocenters. The lowest BCUT2D eigenvalue weighted by Crippen LogP contribution is -2.36. The molecule has 1 aliphatic rings. The fraction of sp³-hybridized carbons (Fsp3) is 1.00. The van der Waals surface area contributed by atoms with E-state index in [-0.39, 0.29) is 12.2 Å². The van der Waals surface area contributed by atoms with Gasteiger partial charge in [0.05, 0.1) is 38.6 Å². The molecule has 0 saturated heterocycles. The molecule has 1 saturated carbocycles. The topological polar surface area (TPSA) is 47.9 Å². The van der Waals surface area contributed by atoms with Gasteiger partial charge in [-0.15, -0.1) is 0 Å². The van der Waals surface area contributed by atoms with E-state index in [4.69, 9.17) is 14.2 Å². The third-order valence-corrected chi connectivity index (χ3v) is 3.01. The van der Waals surface area contributed by atoms with Crippen LogP contribution in [-0.2, 0) is 14.2 Å². The highest BCUT2D eigenvalue weighted by atomic mass is 16.5. The van der Waals surface area contributed by atoms with Crippen LogP contribution >= 0.6 is 0 Å². The van der Waals surface area contributed by atoms with Crippen LogP contribution in [0.15, 0.2) is 0 Å². The first-order valence-electron chi connectivity index (χ1n) is 6.10. The Hall–Kier alpha value is -0.160. The monoisotopic (exact) mass is 232 g/mol. The number of hydrogen-bond acceptors (Lipinski definition) is 4. The van der Waals surface area contributed by atoms with Crippen molar-refractivity contribution in [1.29, 1.82) is 0 Å². The summed E-state index contributed by atoms with van der Waals surface area (Å²) in [6, 6.07) is 0. The van der Waals surface area contributed by atoms with Gasteiger partial charge >= 0.3 is 0 Å². The molecule has 1 rings (SSSR count). The molecular weight excluding hydrogens is 208 g/mol. The first kappa shape index (κ1) is 13.9. The summed E-state index contributed by atoms with van der Waals surface area (Å²) in [5, 5.41) is 9.74. The third kappa shape index (κ3) is 5.25. The van der Waals surface area contributed by atoms with E-state index in [0.29, 0.717) is 32.3 Å². The SMILES string of the molecule is COCCOCCOC1CC(C)CCC1O. The van der Waals surface area contributed by atoms with E-state index in [2.05, 4.69) is 6.92 Å². The zero-order chi connectivity index (χ0) is 11.8. The van der Waals surface area contributed by atoms with E-state index >= 15 is 0 Å². The van der Waals surface area contributed by atoms with Crippen LogP contribution in [-0.4, -0.2) is 50.9 Å². The summed E-state index contributed by atoms with van der Waals surface area (Å²) in [4.78, 5) is 0. The minimum Gasteiger partial charge on any atom is -0.390 e. The number of aliphatic hydroxyl groups is 1. The van der Waals surface area contributed by atoms with Crippen molar-refractivity contribution in [2.24, 2.45) is 5.92 Å². The van der Waals surface area contributed by atoms with Gasteiger partial charge in [-0.2, -0.15) is 0 Å². The van der Waals surface area contributed by atoms with Gasteiger partial charge in [-0.05, 0) is 25.2 Å². The highest BCUT2D eigenvalue weighted by molar-refractivity contribution is 4.78. The van der Waals surface area contributed by atoms with E-state index < -0.39 is 0 Å². The largest absolute Gasteiger partial charge is 0.390 e. The molecule has 0 radical (unpaired) electrons.